The van der Waals surface area contributed by atoms with E-state index in [1.54, 1.807) is 10.7 Å². The number of aromatic nitrogens is 2. The van der Waals surface area contributed by atoms with Crippen molar-refractivity contribution in [2.24, 2.45) is 5.92 Å². The number of piperidine rings is 1. The van der Waals surface area contributed by atoms with Crippen molar-refractivity contribution in [3.05, 3.63) is 50.1 Å². The number of amides is 1. The van der Waals surface area contributed by atoms with Crippen molar-refractivity contribution in [3.63, 3.8) is 0 Å². The Balaban J connectivity index is 1.62. The van der Waals surface area contributed by atoms with Crippen LogP contribution in [-0.4, -0.2) is 33.7 Å². The number of nitrogens with zero attached hydrogens (tertiary/aromatic N) is 3. The van der Waals surface area contributed by atoms with Gasteiger partial charge in [0.15, 0.2) is 0 Å². The number of carbonyl (C=O) groups excluding carboxylic acids is 1. The largest absolute Gasteiger partial charge is 0.338 e. The van der Waals surface area contributed by atoms with Crippen LogP contribution in [0.25, 0.3) is 0 Å². The Kier molecular flexibility index (Phi) is 5.32. The van der Waals surface area contributed by atoms with Gasteiger partial charge in [-0.3, -0.25) is 9.59 Å². The second-order valence-electron chi connectivity index (χ2n) is 8.21. The molecule has 1 aliphatic rings. The number of carbonyl (C=O) groups is 1. The van der Waals surface area contributed by atoms with Crippen LogP contribution in [0.15, 0.2) is 28.4 Å². The Hall–Kier alpha value is -1.95. The Morgan fingerprint density at radius 1 is 1.27 bits per heavy atom. The number of hydrogen-bond donors (Lipinski definition) is 0. The Labute approximate surface area is 158 Å². The summed E-state index contributed by atoms with van der Waals surface area (Å²) >= 11 is 1.51. The van der Waals surface area contributed by atoms with Crippen LogP contribution in [0.5, 0.6) is 0 Å². The minimum Gasteiger partial charge on any atom is -0.338 e. The van der Waals surface area contributed by atoms with Gasteiger partial charge in [0, 0.05) is 31.1 Å². The molecular weight excluding hydrogens is 346 g/mol. The van der Waals surface area contributed by atoms with E-state index in [2.05, 4.69) is 25.9 Å². The predicted octanol–water partition coefficient (Wildman–Crippen LogP) is 3.46. The summed E-state index contributed by atoms with van der Waals surface area (Å²) in [6.07, 6.45) is 1.81. The number of likely N-dealkylation sites (tertiary alicyclic amines) is 1. The molecule has 1 saturated heterocycles. The van der Waals surface area contributed by atoms with Gasteiger partial charge in [0.05, 0.1) is 10.6 Å². The number of rotatable bonds is 3. The van der Waals surface area contributed by atoms with Crippen LogP contribution in [0.3, 0.4) is 0 Å². The van der Waals surface area contributed by atoms with E-state index in [-0.39, 0.29) is 16.9 Å². The Morgan fingerprint density at radius 3 is 2.54 bits per heavy atom. The molecule has 26 heavy (non-hydrogen) atoms. The lowest BCUT2D eigenvalue weighted by Gasteiger charge is -2.32. The maximum absolute atomic E-state index is 12.6. The molecule has 140 valence electrons. The highest BCUT2D eigenvalue weighted by atomic mass is 32.1. The van der Waals surface area contributed by atoms with Crippen LogP contribution in [-0.2, 0) is 12.0 Å². The van der Waals surface area contributed by atoms with Crippen LogP contribution in [0.4, 0.5) is 0 Å². The van der Waals surface area contributed by atoms with Gasteiger partial charge in [0.1, 0.15) is 0 Å². The molecule has 0 radical (unpaired) electrons. The molecule has 3 heterocycles. The lowest BCUT2D eigenvalue weighted by molar-refractivity contribution is 0.0685. The highest BCUT2D eigenvalue weighted by molar-refractivity contribution is 7.12. The summed E-state index contributed by atoms with van der Waals surface area (Å²) in [5.74, 6) is 0.510. The van der Waals surface area contributed by atoms with Gasteiger partial charge in [0.2, 0.25) is 0 Å². The molecule has 0 atom stereocenters. The number of thiophene rings is 1. The van der Waals surface area contributed by atoms with Crippen molar-refractivity contribution in [3.8, 4) is 0 Å². The van der Waals surface area contributed by atoms with Crippen molar-refractivity contribution < 1.29 is 4.79 Å². The highest BCUT2D eigenvalue weighted by Gasteiger charge is 2.25. The molecule has 1 amide bonds. The fourth-order valence-electron chi connectivity index (χ4n) is 3.24. The van der Waals surface area contributed by atoms with Crippen LogP contribution in [0, 0.1) is 12.8 Å². The first-order valence-electron chi connectivity index (χ1n) is 9.17. The van der Waals surface area contributed by atoms with E-state index in [4.69, 9.17) is 0 Å². The Morgan fingerprint density at radius 2 is 1.96 bits per heavy atom. The molecule has 1 aliphatic heterocycles. The van der Waals surface area contributed by atoms with E-state index in [9.17, 15) is 9.59 Å². The third-order valence-corrected chi connectivity index (χ3v) is 5.95. The van der Waals surface area contributed by atoms with Gasteiger partial charge < -0.3 is 4.90 Å². The van der Waals surface area contributed by atoms with Gasteiger partial charge in [-0.25, -0.2) is 4.68 Å². The van der Waals surface area contributed by atoms with E-state index in [1.165, 1.54) is 11.3 Å². The summed E-state index contributed by atoms with van der Waals surface area (Å²) in [5, 5.41) is 6.58. The predicted molar refractivity (Wildman–Crippen MR) is 105 cm³/mol. The van der Waals surface area contributed by atoms with E-state index in [1.807, 2.05) is 29.3 Å². The van der Waals surface area contributed by atoms with E-state index in [0.29, 0.717) is 12.5 Å². The lowest BCUT2D eigenvalue weighted by Crippen LogP contribution is -2.40. The second-order valence-corrected chi connectivity index (χ2v) is 9.12. The molecule has 1 fully saturated rings. The Bertz CT molecular complexity index is 839. The maximum atomic E-state index is 12.6. The quantitative estimate of drug-likeness (QED) is 0.828. The number of aryl methyl sites for hydroxylation is 1. The summed E-state index contributed by atoms with van der Waals surface area (Å²) in [6, 6.07) is 5.40. The van der Waals surface area contributed by atoms with Crippen molar-refractivity contribution in [1.82, 2.24) is 14.7 Å². The molecule has 0 N–H and O–H groups in total. The first-order valence-corrected chi connectivity index (χ1v) is 10.0. The molecule has 0 unspecified atom stereocenters. The standard InChI is InChI=1S/C20H27N3O2S/c1-14-11-16(26-13-14)19(25)22-9-7-15(8-10-22)12-23-18(24)6-5-17(21-23)20(2,3)4/h5-6,11,13,15H,7-10,12H2,1-4H3. The van der Waals surface area contributed by atoms with Gasteiger partial charge in [-0.2, -0.15) is 5.10 Å². The van der Waals surface area contributed by atoms with E-state index < -0.39 is 0 Å². The minimum atomic E-state index is -0.0793. The highest BCUT2D eigenvalue weighted by Crippen LogP contribution is 2.23. The van der Waals surface area contributed by atoms with Gasteiger partial charge in [-0.15, -0.1) is 11.3 Å². The summed E-state index contributed by atoms with van der Waals surface area (Å²) in [5.41, 5.74) is 1.94. The fraction of sp³-hybridized carbons (Fsp3) is 0.550. The van der Waals surface area contributed by atoms with Crippen LogP contribution < -0.4 is 5.56 Å². The average Bonchev–Trinajstić information content (AvgIpc) is 3.02. The van der Waals surface area contributed by atoms with Gasteiger partial charge in [-0.05, 0) is 48.8 Å². The number of hydrogen-bond acceptors (Lipinski definition) is 4. The monoisotopic (exact) mass is 373 g/mol. The molecule has 5 nitrogen and oxygen atoms in total. The fourth-order valence-corrected chi connectivity index (χ4v) is 4.11. The zero-order chi connectivity index (χ0) is 18.9. The van der Waals surface area contributed by atoms with Crippen molar-refractivity contribution in [2.45, 2.75) is 52.5 Å². The third-order valence-electron chi connectivity index (χ3n) is 4.91. The van der Waals surface area contributed by atoms with Gasteiger partial charge >= 0.3 is 0 Å². The molecule has 3 rings (SSSR count). The lowest BCUT2D eigenvalue weighted by atomic mass is 9.92. The van der Waals surface area contributed by atoms with E-state index in [0.717, 1.165) is 42.1 Å². The van der Waals surface area contributed by atoms with Crippen molar-refractivity contribution >= 4 is 17.2 Å². The molecule has 0 spiro atoms. The van der Waals surface area contributed by atoms with Gasteiger partial charge in [-0.1, -0.05) is 20.8 Å². The van der Waals surface area contributed by atoms with Gasteiger partial charge in [0.25, 0.3) is 11.5 Å². The summed E-state index contributed by atoms with van der Waals surface area (Å²) in [7, 11) is 0. The third kappa shape index (κ3) is 4.23. The topological polar surface area (TPSA) is 55.2 Å². The molecule has 0 bridgehead atoms. The van der Waals surface area contributed by atoms with Crippen LogP contribution in [0.2, 0.25) is 0 Å². The molecular formula is C20H27N3O2S. The first kappa shape index (κ1) is 18.8. The average molecular weight is 374 g/mol. The smallest absolute Gasteiger partial charge is 0.266 e. The summed E-state index contributed by atoms with van der Waals surface area (Å²) in [6.45, 7) is 10.4. The SMILES string of the molecule is Cc1csc(C(=O)N2CCC(Cn3nc(C(C)(C)C)ccc3=O)CC2)c1. The molecule has 0 aliphatic carbocycles. The molecule has 0 aromatic carbocycles. The normalized spacial score (nSPS) is 16.1. The summed E-state index contributed by atoms with van der Waals surface area (Å²) < 4.78 is 1.60. The maximum Gasteiger partial charge on any atom is 0.266 e. The molecule has 0 saturated carbocycles. The molecule has 6 heteroatoms. The zero-order valence-corrected chi connectivity index (χ0v) is 16.8. The molecule has 2 aromatic heterocycles. The summed E-state index contributed by atoms with van der Waals surface area (Å²) in [4.78, 5) is 27.5. The van der Waals surface area contributed by atoms with Crippen molar-refractivity contribution in [1.29, 1.82) is 0 Å². The minimum absolute atomic E-state index is 0.0504. The van der Waals surface area contributed by atoms with Crippen molar-refractivity contribution in [2.75, 3.05) is 13.1 Å². The first-order chi connectivity index (χ1) is 12.2. The van der Waals surface area contributed by atoms with Crippen LogP contribution >= 0.6 is 11.3 Å². The second kappa shape index (κ2) is 7.35. The van der Waals surface area contributed by atoms with Crippen LogP contribution in [0.1, 0.15) is 54.5 Å². The molecule has 2 aromatic rings. The van der Waals surface area contributed by atoms with E-state index >= 15 is 0 Å². The zero-order valence-electron chi connectivity index (χ0n) is 16.0.